The quantitative estimate of drug-likeness (QED) is 0.849. The Kier molecular flexibility index (Phi) is 5.74. The van der Waals surface area contributed by atoms with Crippen LogP contribution in [0.15, 0.2) is 48.5 Å². The van der Waals surface area contributed by atoms with E-state index in [2.05, 4.69) is 5.32 Å². The summed E-state index contributed by atoms with van der Waals surface area (Å²) >= 11 is 11.9. The number of carbonyl (C=O) groups is 1. The normalized spacial score (nSPS) is 12.5. The van der Waals surface area contributed by atoms with Gasteiger partial charge in [-0.05, 0) is 43.3 Å². The van der Waals surface area contributed by atoms with Crippen molar-refractivity contribution in [3.8, 4) is 0 Å². The third kappa shape index (κ3) is 4.41. The molecule has 0 aliphatic rings. The van der Waals surface area contributed by atoms with Gasteiger partial charge in [0.1, 0.15) is 6.04 Å². The lowest BCUT2D eigenvalue weighted by molar-refractivity contribution is -0.116. The fraction of sp³-hybridized carbons (Fsp3) is 0.188. The van der Waals surface area contributed by atoms with Crippen LogP contribution in [-0.4, -0.2) is 26.6 Å². The second kappa shape index (κ2) is 7.42. The molecule has 24 heavy (non-hydrogen) atoms. The predicted molar refractivity (Wildman–Crippen MR) is 98.3 cm³/mol. The largest absolute Gasteiger partial charge is 0.323 e. The average molecular weight is 387 g/mol. The molecule has 0 saturated carbocycles. The summed E-state index contributed by atoms with van der Waals surface area (Å²) in [5, 5.41) is 3.48. The van der Waals surface area contributed by atoms with Crippen LogP contribution in [0.2, 0.25) is 10.0 Å². The van der Waals surface area contributed by atoms with Crippen molar-refractivity contribution in [3.63, 3.8) is 0 Å². The molecule has 0 aliphatic carbocycles. The molecule has 8 heteroatoms. The van der Waals surface area contributed by atoms with Crippen LogP contribution in [-0.2, 0) is 14.8 Å². The number of amides is 1. The second-order valence-corrected chi connectivity index (χ2v) is 7.88. The summed E-state index contributed by atoms with van der Waals surface area (Å²) in [7, 11) is -3.68. The summed E-state index contributed by atoms with van der Waals surface area (Å²) < 4.78 is 25.4. The van der Waals surface area contributed by atoms with Gasteiger partial charge in [0, 0.05) is 5.02 Å². The van der Waals surface area contributed by atoms with Crippen molar-refractivity contribution < 1.29 is 13.2 Å². The van der Waals surface area contributed by atoms with E-state index in [1.165, 1.54) is 6.92 Å². The molecule has 128 valence electrons. The number of hydrogen-bond donors (Lipinski definition) is 1. The van der Waals surface area contributed by atoms with E-state index in [-0.39, 0.29) is 0 Å². The number of halogens is 2. The average Bonchev–Trinajstić information content (AvgIpc) is 2.50. The van der Waals surface area contributed by atoms with Gasteiger partial charge in [0.2, 0.25) is 15.9 Å². The van der Waals surface area contributed by atoms with Crippen molar-refractivity contribution in [3.05, 3.63) is 58.6 Å². The molecule has 2 aromatic carbocycles. The summed E-state index contributed by atoms with van der Waals surface area (Å²) in [5.74, 6) is -0.497. The van der Waals surface area contributed by atoms with Crippen LogP contribution < -0.4 is 9.62 Å². The molecule has 1 N–H and O–H groups in total. The lowest BCUT2D eigenvalue weighted by Crippen LogP contribution is -2.45. The fourth-order valence-electron chi connectivity index (χ4n) is 2.20. The first kappa shape index (κ1) is 18.6. The van der Waals surface area contributed by atoms with E-state index < -0.39 is 22.0 Å². The van der Waals surface area contributed by atoms with E-state index in [0.29, 0.717) is 21.4 Å². The lowest BCUT2D eigenvalue weighted by atomic mass is 10.2. The Hall–Kier alpha value is -1.76. The molecule has 0 spiro atoms. The smallest absolute Gasteiger partial charge is 0.248 e. The van der Waals surface area contributed by atoms with Crippen LogP contribution in [0, 0.1) is 0 Å². The lowest BCUT2D eigenvalue weighted by Gasteiger charge is -2.28. The number of benzene rings is 2. The van der Waals surface area contributed by atoms with Crippen molar-refractivity contribution in [2.24, 2.45) is 0 Å². The standard InChI is InChI=1S/C16H16Cl2N2O3S/c1-11(16(21)19-15-6-4-3-5-14(15)18)20(24(2,22)23)13-9-7-12(17)8-10-13/h3-11H,1-2H3,(H,19,21). The van der Waals surface area contributed by atoms with Crippen LogP contribution >= 0.6 is 23.2 Å². The van der Waals surface area contributed by atoms with Crippen molar-refractivity contribution in [1.82, 2.24) is 0 Å². The summed E-state index contributed by atoms with van der Waals surface area (Å²) in [6.45, 7) is 1.50. The van der Waals surface area contributed by atoms with Crippen molar-refractivity contribution in [2.45, 2.75) is 13.0 Å². The van der Waals surface area contributed by atoms with E-state index in [1.54, 1.807) is 48.5 Å². The first-order valence-corrected chi connectivity index (χ1v) is 9.61. The van der Waals surface area contributed by atoms with Crippen LogP contribution in [0.4, 0.5) is 11.4 Å². The van der Waals surface area contributed by atoms with Crippen molar-refractivity contribution in [1.29, 1.82) is 0 Å². The van der Waals surface area contributed by atoms with E-state index in [4.69, 9.17) is 23.2 Å². The Balaban J connectivity index is 2.31. The summed E-state index contributed by atoms with van der Waals surface area (Å²) in [5.41, 5.74) is 0.768. The van der Waals surface area contributed by atoms with Gasteiger partial charge in [0.15, 0.2) is 0 Å². The highest BCUT2D eigenvalue weighted by molar-refractivity contribution is 7.92. The van der Waals surface area contributed by atoms with Gasteiger partial charge < -0.3 is 5.32 Å². The molecule has 0 aliphatic heterocycles. The topological polar surface area (TPSA) is 66.5 Å². The van der Waals surface area contributed by atoms with Gasteiger partial charge in [-0.25, -0.2) is 8.42 Å². The molecular formula is C16H16Cl2N2O3S. The Bertz CT molecular complexity index is 839. The number of nitrogens with zero attached hydrogens (tertiary/aromatic N) is 1. The minimum absolute atomic E-state index is 0.351. The van der Waals surface area contributed by atoms with Gasteiger partial charge in [0.05, 0.1) is 22.7 Å². The van der Waals surface area contributed by atoms with Gasteiger partial charge in [-0.3, -0.25) is 9.10 Å². The van der Waals surface area contributed by atoms with E-state index in [0.717, 1.165) is 10.6 Å². The van der Waals surface area contributed by atoms with Crippen LogP contribution in [0.5, 0.6) is 0 Å². The highest BCUT2D eigenvalue weighted by Gasteiger charge is 2.29. The van der Waals surface area contributed by atoms with E-state index in [9.17, 15) is 13.2 Å². The molecule has 0 saturated heterocycles. The highest BCUT2D eigenvalue weighted by atomic mass is 35.5. The van der Waals surface area contributed by atoms with Crippen LogP contribution in [0.1, 0.15) is 6.92 Å². The second-order valence-electron chi connectivity index (χ2n) is 5.18. The van der Waals surface area contributed by atoms with Gasteiger partial charge in [-0.15, -0.1) is 0 Å². The number of anilines is 2. The van der Waals surface area contributed by atoms with Gasteiger partial charge >= 0.3 is 0 Å². The molecule has 0 radical (unpaired) electrons. The Labute approximate surface area is 151 Å². The van der Waals surface area contributed by atoms with E-state index >= 15 is 0 Å². The molecule has 1 atom stereocenters. The molecule has 2 rings (SSSR count). The number of rotatable bonds is 5. The maximum atomic E-state index is 12.5. The number of para-hydroxylation sites is 1. The molecular weight excluding hydrogens is 371 g/mol. The summed E-state index contributed by atoms with van der Waals surface area (Å²) in [6, 6.07) is 12.0. The van der Waals surface area contributed by atoms with Crippen molar-refractivity contribution >= 4 is 50.5 Å². The van der Waals surface area contributed by atoms with Gasteiger partial charge in [-0.1, -0.05) is 35.3 Å². The highest BCUT2D eigenvalue weighted by Crippen LogP contribution is 2.25. The van der Waals surface area contributed by atoms with Crippen LogP contribution in [0.25, 0.3) is 0 Å². The first-order valence-electron chi connectivity index (χ1n) is 7.00. The first-order chi connectivity index (χ1) is 11.2. The van der Waals surface area contributed by atoms with Gasteiger partial charge in [0.25, 0.3) is 0 Å². The number of hydrogen-bond acceptors (Lipinski definition) is 3. The minimum Gasteiger partial charge on any atom is -0.323 e. The minimum atomic E-state index is -3.68. The van der Waals surface area contributed by atoms with Gasteiger partial charge in [-0.2, -0.15) is 0 Å². The molecule has 0 aromatic heterocycles. The molecule has 1 amide bonds. The number of nitrogens with one attached hydrogen (secondary N) is 1. The zero-order valence-electron chi connectivity index (χ0n) is 13.0. The number of sulfonamides is 1. The van der Waals surface area contributed by atoms with E-state index in [1.807, 2.05) is 0 Å². The monoisotopic (exact) mass is 386 g/mol. The zero-order valence-corrected chi connectivity index (χ0v) is 15.4. The maximum Gasteiger partial charge on any atom is 0.248 e. The molecule has 2 aromatic rings. The van der Waals surface area contributed by atoms with Crippen molar-refractivity contribution in [2.75, 3.05) is 15.9 Å². The Morgan fingerprint density at radius 2 is 1.67 bits per heavy atom. The third-order valence-electron chi connectivity index (χ3n) is 3.30. The van der Waals surface area contributed by atoms with Crippen LogP contribution in [0.3, 0.4) is 0 Å². The third-order valence-corrected chi connectivity index (χ3v) is 5.12. The maximum absolute atomic E-state index is 12.5. The Morgan fingerprint density at radius 3 is 2.21 bits per heavy atom. The summed E-state index contributed by atoms with van der Waals surface area (Å²) in [6.07, 6.45) is 1.04. The molecule has 1 unspecified atom stereocenters. The molecule has 5 nitrogen and oxygen atoms in total. The molecule has 0 bridgehead atoms. The molecule has 0 fully saturated rings. The Morgan fingerprint density at radius 1 is 1.08 bits per heavy atom. The predicted octanol–water partition coefficient (Wildman–Crippen LogP) is 3.79. The number of carbonyl (C=O) groups excluding carboxylic acids is 1. The fourth-order valence-corrected chi connectivity index (χ4v) is 3.68. The zero-order chi connectivity index (χ0) is 17.9. The summed E-state index contributed by atoms with van der Waals surface area (Å²) in [4.78, 5) is 12.5. The SMILES string of the molecule is CC(C(=O)Nc1ccccc1Cl)N(c1ccc(Cl)cc1)S(C)(=O)=O. The molecule has 0 heterocycles.